The summed E-state index contributed by atoms with van der Waals surface area (Å²) >= 11 is 0. The van der Waals surface area contributed by atoms with E-state index in [-0.39, 0.29) is 43.6 Å². The van der Waals surface area contributed by atoms with Crippen molar-refractivity contribution >= 4 is 17.9 Å². The molecule has 0 aromatic carbocycles. The smallest absolute Gasteiger partial charge is 0.306 e. The molecular weight excluding hydrogens is 396 g/mol. The van der Waals surface area contributed by atoms with Crippen molar-refractivity contribution in [1.29, 1.82) is 0 Å². The summed E-state index contributed by atoms with van der Waals surface area (Å²) in [5.74, 6) is -1.55. The normalized spacial score (nSPS) is 26.7. The van der Waals surface area contributed by atoms with Crippen molar-refractivity contribution in [3.8, 4) is 0 Å². The first-order valence-electron chi connectivity index (χ1n) is 10.5. The second-order valence-electron chi connectivity index (χ2n) is 8.94. The van der Waals surface area contributed by atoms with E-state index in [1.54, 1.807) is 0 Å². The first-order valence-corrected chi connectivity index (χ1v) is 10.5. The fourth-order valence-corrected chi connectivity index (χ4v) is 2.95. The number of ether oxygens (including phenoxy) is 4. The average Bonchev–Trinajstić information content (AvgIpc) is 2.57. The number of rotatable bonds is 10. The van der Waals surface area contributed by atoms with Gasteiger partial charge in [0.25, 0.3) is 0 Å². The monoisotopic (exact) mass is 432 g/mol. The zero-order valence-electron chi connectivity index (χ0n) is 18.7. The highest BCUT2D eigenvalue weighted by Gasteiger charge is 2.49. The lowest BCUT2D eigenvalue weighted by atomic mass is 9.98. The van der Waals surface area contributed by atoms with Gasteiger partial charge >= 0.3 is 17.9 Å². The molecule has 5 atom stereocenters. The summed E-state index contributed by atoms with van der Waals surface area (Å²) in [6.07, 6.45) is -6.65. The molecule has 0 aromatic rings. The van der Waals surface area contributed by atoms with E-state index in [4.69, 9.17) is 18.9 Å². The Morgan fingerprint density at radius 2 is 1.20 bits per heavy atom. The molecule has 0 aliphatic carbocycles. The molecule has 1 saturated heterocycles. The van der Waals surface area contributed by atoms with Gasteiger partial charge in [0, 0.05) is 19.3 Å². The molecule has 0 saturated carbocycles. The van der Waals surface area contributed by atoms with Crippen molar-refractivity contribution in [3.05, 3.63) is 0 Å². The highest BCUT2D eigenvalue weighted by Crippen LogP contribution is 2.26. The van der Waals surface area contributed by atoms with Gasteiger partial charge in [-0.3, -0.25) is 14.4 Å². The van der Waals surface area contributed by atoms with E-state index in [1.807, 2.05) is 41.5 Å². The van der Waals surface area contributed by atoms with Crippen LogP contribution >= 0.6 is 0 Å². The summed E-state index contributed by atoms with van der Waals surface area (Å²) in [5, 5.41) is 21.0. The maximum absolute atomic E-state index is 12.2. The predicted molar refractivity (Wildman–Crippen MR) is 106 cm³/mol. The molecule has 0 unspecified atom stereocenters. The lowest BCUT2D eigenvalue weighted by molar-refractivity contribution is -0.294. The van der Waals surface area contributed by atoms with Crippen LogP contribution in [0.4, 0.5) is 0 Å². The third kappa shape index (κ3) is 8.97. The van der Waals surface area contributed by atoms with E-state index in [1.165, 1.54) is 0 Å². The minimum absolute atomic E-state index is 0.0177. The van der Waals surface area contributed by atoms with Crippen LogP contribution < -0.4 is 0 Å². The summed E-state index contributed by atoms with van der Waals surface area (Å²) in [6, 6.07) is 0. The Balaban J connectivity index is 2.91. The van der Waals surface area contributed by atoms with Crippen molar-refractivity contribution in [2.75, 3.05) is 6.61 Å². The molecule has 1 aliphatic heterocycles. The van der Waals surface area contributed by atoms with Crippen molar-refractivity contribution < 1.29 is 43.5 Å². The SMILES string of the molecule is CC(C)CC(=O)OC[C@H]1O[C@@H](O)[C@H](OC(=O)CC(C)C)[C@@H](O)[C@@H]1OC(=O)CC(C)C. The molecule has 9 heteroatoms. The summed E-state index contributed by atoms with van der Waals surface area (Å²) in [5.41, 5.74) is 0. The molecule has 0 spiro atoms. The Bertz CT molecular complexity index is 571. The van der Waals surface area contributed by atoms with Crippen LogP contribution in [-0.4, -0.2) is 65.4 Å². The van der Waals surface area contributed by atoms with Crippen LogP contribution in [0.2, 0.25) is 0 Å². The van der Waals surface area contributed by atoms with Crippen LogP contribution in [0.5, 0.6) is 0 Å². The molecule has 1 fully saturated rings. The molecule has 1 rings (SSSR count). The van der Waals surface area contributed by atoms with Crippen LogP contribution in [0.3, 0.4) is 0 Å². The third-order valence-corrected chi connectivity index (χ3v) is 4.30. The lowest BCUT2D eigenvalue weighted by Crippen LogP contribution is -2.61. The number of hydrogen-bond acceptors (Lipinski definition) is 9. The predicted octanol–water partition coefficient (Wildman–Crippen LogP) is 1.57. The molecule has 0 radical (unpaired) electrons. The Morgan fingerprint density at radius 3 is 1.67 bits per heavy atom. The fraction of sp³-hybridized carbons (Fsp3) is 0.857. The third-order valence-electron chi connectivity index (χ3n) is 4.30. The topological polar surface area (TPSA) is 129 Å². The number of aliphatic hydroxyl groups excluding tert-OH is 2. The highest BCUT2D eigenvalue weighted by atomic mass is 16.7. The number of hydrogen-bond donors (Lipinski definition) is 2. The quantitative estimate of drug-likeness (QED) is 0.390. The average molecular weight is 433 g/mol. The highest BCUT2D eigenvalue weighted by molar-refractivity contribution is 5.71. The van der Waals surface area contributed by atoms with Gasteiger partial charge in [0.05, 0.1) is 0 Å². The van der Waals surface area contributed by atoms with E-state index >= 15 is 0 Å². The Labute approximate surface area is 178 Å². The van der Waals surface area contributed by atoms with Crippen LogP contribution in [0.15, 0.2) is 0 Å². The van der Waals surface area contributed by atoms with Gasteiger partial charge in [0.2, 0.25) is 0 Å². The summed E-state index contributed by atoms with van der Waals surface area (Å²) in [4.78, 5) is 36.1. The van der Waals surface area contributed by atoms with Gasteiger partial charge in [0.1, 0.15) is 18.8 Å². The number of aliphatic hydroxyl groups is 2. The molecule has 0 amide bonds. The van der Waals surface area contributed by atoms with Crippen molar-refractivity contribution in [2.45, 2.75) is 91.5 Å². The molecule has 30 heavy (non-hydrogen) atoms. The Hall–Kier alpha value is -1.71. The number of esters is 3. The van der Waals surface area contributed by atoms with E-state index in [0.29, 0.717) is 0 Å². The van der Waals surface area contributed by atoms with E-state index in [2.05, 4.69) is 0 Å². The van der Waals surface area contributed by atoms with Crippen molar-refractivity contribution in [3.63, 3.8) is 0 Å². The van der Waals surface area contributed by atoms with Crippen LogP contribution in [0, 0.1) is 17.8 Å². The Morgan fingerprint density at radius 1 is 0.767 bits per heavy atom. The second kappa shape index (κ2) is 12.2. The largest absolute Gasteiger partial charge is 0.463 e. The van der Waals surface area contributed by atoms with Crippen molar-refractivity contribution in [1.82, 2.24) is 0 Å². The number of carbonyl (C=O) groups is 3. The number of carbonyl (C=O) groups excluding carboxylic acids is 3. The van der Waals surface area contributed by atoms with E-state index < -0.39 is 48.6 Å². The summed E-state index contributed by atoms with van der Waals surface area (Å²) in [6.45, 7) is 10.7. The minimum Gasteiger partial charge on any atom is -0.463 e. The molecule has 0 bridgehead atoms. The molecule has 174 valence electrons. The molecule has 2 N–H and O–H groups in total. The summed E-state index contributed by atoms with van der Waals surface area (Å²) < 4.78 is 21.1. The van der Waals surface area contributed by atoms with Crippen LogP contribution in [0.25, 0.3) is 0 Å². The first kappa shape index (κ1) is 26.3. The van der Waals surface area contributed by atoms with Gasteiger partial charge in [-0.05, 0) is 17.8 Å². The second-order valence-corrected chi connectivity index (χ2v) is 8.94. The lowest BCUT2D eigenvalue weighted by Gasteiger charge is -2.41. The Kier molecular flexibility index (Phi) is 10.7. The summed E-state index contributed by atoms with van der Waals surface area (Å²) in [7, 11) is 0. The van der Waals surface area contributed by atoms with Gasteiger partial charge in [0.15, 0.2) is 18.5 Å². The van der Waals surface area contributed by atoms with Crippen molar-refractivity contribution in [2.24, 2.45) is 17.8 Å². The molecular formula is C21H36O9. The maximum Gasteiger partial charge on any atom is 0.306 e. The van der Waals surface area contributed by atoms with E-state index in [9.17, 15) is 24.6 Å². The van der Waals surface area contributed by atoms with Gasteiger partial charge in [-0.25, -0.2) is 0 Å². The fourth-order valence-electron chi connectivity index (χ4n) is 2.95. The van der Waals surface area contributed by atoms with Crippen LogP contribution in [-0.2, 0) is 33.3 Å². The standard InChI is InChI=1S/C21H36O9/c1-11(2)7-15(22)27-10-14-19(29-16(23)8-12(3)4)18(25)20(21(26)28-14)30-17(24)9-13(5)6/h11-14,18-21,25-26H,7-10H2,1-6H3/t14-,18+,19-,20-,21-/m1/s1. The molecule has 9 nitrogen and oxygen atoms in total. The van der Waals surface area contributed by atoms with Gasteiger partial charge in [-0.2, -0.15) is 0 Å². The van der Waals surface area contributed by atoms with Gasteiger partial charge in [-0.1, -0.05) is 41.5 Å². The zero-order chi connectivity index (χ0) is 23.0. The molecule has 0 aromatic heterocycles. The van der Waals surface area contributed by atoms with Gasteiger partial charge in [-0.15, -0.1) is 0 Å². The molecule has 1 aliphatic rings. The van der Waals surface area contributed by atoms with E-state index in [0.717, 1.165) is 0 Å². The van der Waals surface area contributed by atoms with Crippen LogP contribution in [0.1, 0.15) is 60.8 Å². The minimum atomic E-state index is -1.66. The first-order chi connectivity index (χ1) is 13.9. The van der Waals surface area contributed by atoms with Gasteiger partial charge < -0.3 is 29.2 Å². The molecule has 1 heterocycles. The zero-order valence-corrected chi connectivity index (χ0v) is 18.7. The maximum atomic E-state index is 12.2.